The number of nitrogens with one attached hydrogen (secondary N) is 2. The third-order valence-electron chi connectivity index (χ3n) is 2.45. The van der Waals surface area contributed by atoms with Crippen LogP contribution in [0.5, 0.6) is 0 Å². The standard InChI is InChI=1S/C13H15N3O2S/c1-3-4-7-19-9-5-6-10-11(8-9)15-12(14-10)16-13(17)18-2/h3,5-6,8H,1,4,7H2,2H3,(H2,14,15,16,17). The third kappa shape index (κ3) is 3.51. The van der Waals surface area contributed by atoms with E-state index >= 15 is 0 Å². The Hall–Kier alpha value is -1.95. The lowest BCUT2D eigenvalue weighted by Crippen LogP contribution is -2.11. The molecule has 5 nitrogen and oxygen atoms in total. The van der Waals surface area contributed by atoms with Gasteiger partial charge in [-0.05, 0) is 24.6 Å². The van der Waals surface area contributed by atoms with E-state index in [1.54, 1.807) is 11.8 Å². The number of H-pyrrole nitrogens is 1. The van der Waals surface area contributed by atoms with E-state index in [0.717, 1.165) is 28.1 Å². The summed E-state index contributed by atoms with van der Waals surface area (Å²) in [6, 6.07) is 5.95. The van der Waals surface area contributed by atoms with Crippen molar-refractivity contribution in [3.05, 3.63) is 30.9 Å². The van der Waals surface area contributed by atoms with Crippen LogP contribution < -0.4 is 5.32 Å². The Morgan fingerprint density at radius 1 is 1.63 bits per heavy atom. The lowest BCUT2D eigenvalue weighted by atomic mass is 10.3. The molecule has 1 amide bonds. The van der Waals surface area contributed by atoms with Gasteiger partial charge in [-0.1, -0.05) is 6.08 Å². The van der Waals surface area contributed by atoms with Crippen molar-refractivity contribution in [2.45, 2.75) is 11.3 Å². The lowest BCUT2D eigenvalue weighted by molar-refractivity contribution is 0.186. The fourth-order valence-corrected chi connectivity index (χ4v) is 2.43. The highest BCUT2D eigenvalue weighted by molar-refractivity contribution is 7.99. The fraction of sp³-hybridized carbons (Fsp3) is 0.231. The van der Waals surface area contributed by atoms with Gasteiger partial charge in [0.15, 0.2) is 0 Å². The van der Waals surface area contributed by atoms with E-state index in [9.17, 15) is 4.79 Å². The fourth-order valence-electron chi connectivity index (χ4n) is 1.55. The number of carbonyl (C=O) groups excluding carboxylic acids is 1. The number of ether oxygens (including phenoxy) is 1. The van der Waals surface area contributed by atoms with Gasteiger partial charge in [0.2, 0.25) is 5.95 Å². The van der Waals surface area contributed by atoms with Crippen molar-refractivity contribution in [2.75, 3.05) is 18.2 Å². The molecule has 0 bridgehead atoms. The largest absolute Gasteiger partial charge is 0.453 e. The number of imidazole rings is 1. The summed E-state index contributed by atoms with van der Waals surface area (Å²) in [5.74, 6) is 1.38. The van der Waals surface area contributed by atoms with Gasteiger partial charge in [0.25, 0.3) is 0 Å². The molecule has 2 aromatic rings. The molecular weight excluding hydrogens is 262 g/mol. The average Bonchev–Trinajstić information content (AvgIpc) is 2.80. The van der Waals surface area contributed by atoms with E-state index in [1.807, 2.05) is 24.3 Å². The van der Waals surface area contributed by atoms with Crippen LogP contribution in [0, 0.1) is 0 Å². The number of amides is 1. The number of allylic oxidation sites excluding steroid dienone is 1. The lowest BCUT2D eigenvalue weighted by Gasteiger charge is -1.98. The zero-order chi connectivity index (χ0) is 13.7. The highest BCUT2D eigenvalue weighted by Gasteiger charge is 2.07. The van der Waals surface area contributed by atoms with Gasteiger partial charge in [-0.25, -0.2) is 9.78 Å². The van der Waals surface area contributed by atoms with Crippen molar-refractivity contribution in [3.8, 4) is 0 Å². The minimum atomic E-state index is -0.542. The number of rotatable bonds is 5. The molecule has 0 aliphatic heterocycles. The normalized spacial score (nSPS) is 10.4. The minimum Gasteiger partial charge on any atom is -0.453 e. The SMILES string of the molecule is C=CCCSc1ccc2nc(NC(=O)OC)[nH]c2c1. The molecule has 6 heteroatoms. The Balaban J connectivity index is 2.13. The molecule has 100 valence electrons. The summed E-state index contributed by atoms with van der Waals surface area (Å²) in [7, 11) is 1.31. The van der Waals surface area contributed by atoms with Crippen LogP contribution in [0.3, 0.4) is 0 Å². The van der Waals surface area contributed by atoms with Gasteiger partial charge < -0.3 is 9.72 Å². The van der Waals surface area contributed by atoms with Gasteiger partial charge in [-0.3, -0.25) is 5.32 Å². The number of aromatic nitrogens is 2. The molecule has 0 saturated carbocycles. The summed E-state index contributed by atoms with van der Waals surface area (Å²) in [5, 5.41) is 2.50. The molecule has 1 aromatic heterocycles. The van der Waals surface area contributed by atoms with E-state index in [-0.39, 0.29) is 0 Å². The van der Waals surface area contributed by atoms with Gasteiger partial charge in [0.05, 0.1) is 18.1 Å². The second-order valence-electron chi connectivity index (χ2n) is 3.81. The Kier molecular flexibility index (Phi) is 4.46. The number of hydrogen-bond donors (Lipinski definition) is 2. The highest BCUT2D eigenvalue weighted by Crippen LogP contribution is 2.24. The van der Waals surface area contributed by atoms with E-state index in [0.29, 0.717) is 5.95 Å². The van der Waals surface area contributed by atoms with Gasteiger partial charge in [-0.15, -0.1) is 18.3 Å². The number of hydrogen-bond acceptors (Lipinski definition) is 4. The highest BCUT2D eigenvalue weighted by atomic mass is 32.2. The van der Waals surface area contributed by atoms with Gasteiger partial charge in [0, 0.05) is 10.6 Å². The first-order valence-electron chi connectivity index (χ1n) is 5.81. The topological polar surface area (TPSA) is 67.0 Å². The smallest absolute Gasteiger partial charge is 0.413 e. The van der Waals surface area contributed by atoms with Crippen molar-refractivity contribution in [2.24, 2.45) is 0 Å². The number of methoxy groups -OCH3 is 1. The first kappa shape index (κ1) is 13.5. The number of benzene rings is 1. The molecule has 2 N–H and O–H groups in total. The Morgan fingerprint density at radius 2 is 2.47 bits per heavy atom. The quantitative estimate of drug-likeness (QED) is 0.499. The molecule has 0 atom stereocenters. The predicted molar refractivity (Wildman–Crippen MR) is 77.7 cm³/mol. The summed E-state index contributed by atoms with van der Waals surface area (Å²) >= 11 is 1.76. The van der Waals surface area contributed by atoms with Crippen molar-refractivity contribution in [1.29, 1.82) is 0 Å². The summed E-state index contributed by atoms with van der Waals surface area (Å²) in [5.41, 5.74) is 1.69. The monoisotopic (exact) mass is 277 g/mol. The summed E-state index contributed by atoms with van der Waals surface area (Å²) in [6.07, 6.45) is 2.33. The molecule has 2 rings (SSSR count). The maximum absolute atomic E-state index is 11.1. The summed E-state index contributed by atoms with van der Waals surface area (Å²) in [6.45, 7) is 3.70. The van der Waals surface area contributed by atoms with Crippen molar-refractivity contribution >= 4 is 34.8 Å². The molecule has 0 radical (unpaired) electrons. The number of carbonyl (C=O) groups is 1. The second kappa shape index (κ2) is 6.29. The van der Waals surface area contributed by atoms with E-state index in [4.69, 9.17) is 0 Å². The van der Waals surface area contributed by atoms with E-state index in [2.05, 4.69) is 26.6 Å². The van der Waals surface area contributed by atoms with Crippen LogP contribution >= 0.6 is 11.8 Å². The van der Waals surface area contributed by atoms with Crippen LogP contribution in [0.25, 0.3) is 11.0 Å². The van der Waals surface area contributed by atoms with Gasteiger partial charge >= 0.3 is 6.09 Å². The molecule has 0 aliphatic carbocycles. The summed E-state index contributed by atoms with van der Waals surface area (Å²) < 4.78 is 4.52. The molecule has 1 heterocycles. The summed E-state index contributed by atoms with van der Waals surface area (Å²) in [4.78, 5) is 19.5. The van der Waals surface area contributed by atoms with Gasteiger partial charge in [-0.2, -0.15) is 0 Å². The molecule has 0 fully saturated rings. The van der Waals surface area contributed by atoms with Crippen molar-refractivity contribution in [3.63, 3.8) is 0 Å². The maximum Gasteiger partial charge on any atom is 0.413 e. The van der Waals surface area contributed by atoms with Crippen molar-refractivity contribution in [1.82, 2.24) is 9.97 Å². The van der Waals surface area contributed by atoms with Crippen LogP contribution in [0.15, 0.2) is 35.7 Å². The first-order valence-corrected chi connectivity index (χ1v) is 6.80. The van der Waals surface area contributed by atoms with Crippen LogP contribution in [0.2, 0.25) is 0 Å². The third-order valence-corrected chi connectivity index (χ3v) is 3.48. The zero-order valence-electron chi connectivity index (χ0n) is 10.6. The molecule has 19 heavy (non-hydrogen) atoms. The van der Waals surface area contributed by atoms with Crippen LogP contribution in [0.1, 0.15) is 6.42 Å². The molecule has 0 saturated heterocycles. The predicted octanol–water partition coefficient (Wildman–Crippen LogP) is 3.41. The Bertz CT molecular complexity index is 595. The molecular formula is C13H15N3O2S. The van der Waals surface area contributed by atoms with Crippen LogP contribution in [-0.2, 0) is 4.74 Å². The average molecular weight is 277 g/mol. The van der Waals surface area contributed by atoms with Crippen LogP contribution in [-0.4, -0.2) is 28.9 Å². The first-order chi connectivity index (χ1) is 9.22. The minimum absolute atomic E-state index is 0.384. The zero-order valence-corrected chi connectivity index (χ0v) is 11.4. The van der Waals surface area contributed by atoms with E-state index < -0.39 is 6.09 Å². The Morgan fingerprint density at radius 3 is 3.21 bits per heavy atom. The van der Waals surface area contributed by atoms with E-state index in [1.165, 1.54) is 7.11 Å². The maximum atomic E-state index is 11.1. The van der Waals surface area contributed by atoms with Gasteiger partial charge in [0.1, 0.15) is 0 Å². The second-order valence-corrected chi connectivity index (χ2v) is 4.98. The van der Waals surface area contributed by atoms with Crippen molar-refractivity contribution < 1.29 is 9.53 Å². The number of fused-ring (bicyclic) bond motifs is 1. The molecule has 0 unspecified atom stereocenters. The molecule has 0 spiro atoms. The number of thioether (sulfide) groups is 1. The Labute approximate surface area is 115 Å². The molecule has 0 aliphatic rings. The van der Waals surface area contributed by atoms with Crippen LogP contribution in [0.4, 0.5) is 10.7 Å². The number of anilines is 1. The molecule has 1 aromatic carbocycles. The number of nitrogens with zero attached hydrogens (tertiary/aromatic N) is 1. The number of aromatic amines is 1.